The number of hydrogen-bond acceptors (Lipinski definition) is 3. The third-order valence-electron chi connectivity index (χ3n) is 2.40. The van der Waals surface area contributed by atoms with Crippen molar-refractivity contribution >= 4 is 11.6 Å². The number of phenols is 1. The number of phenolic OH excluding ortho intramolecular Hbond substituents is 1. The van der Waals surface area contributed by atoms with Crippen molar-refractivity contribution in [3.63, 3.8) is 0 Å². The van der Waals surface area contributed by atoms with Gasteiger partial charge < -0.3 is 5.11 Å². The molecule has 0 aliphatic carbocycles. The molecule has 0 saturated heterocycles. The maximum atomic E-state index is 11.2. The third-order valence-corrected chi connectivity index (χ3v) is 2.40. The monoisotopic (exact) mass is 206 g/mol. The first-order valence-corrected chi connectivity index (χ1v) is 4.80. The molecule has 0 aromatic heterocycles. The molecule has 0 radical (unpaired) electrons. The fraction of sp³-hybridized carbons (Fsp3) is 0.333. The molecule has 1 aromatic rings. The first-order valence-electron chi connectivity index (χ1n) is 4.80. The van der Waals surface area contributed by atoms with Crippen LogP contribution in [0.3, 0.4) is 0 Å². The quantitative estimate of drug-likeness (QED) is 0.763. The Labute approximate surface area is 88.7 Å². The second kappa shape index (κ2) is 4.73. The lowest BCUT2D eigenvalue weighted by Crippen LogP contribution is -2.21. The van der Waals surface area contributed by atoms with Crippen molar-refractivity contribution in [3.8, 4) is 5.75 Å². The van der Waals surface area contributed by atoms with Crippen molar-refractivity contribution in [3.05, 3.63) is 29.8 Å². The second-order valence-electron chi connectivity index (χ2n) is 3.61. The predicted molar refractivity (Wildman–Crippen MR) is 56.7 cm³/mol. The number of carbonyl (C=O) groups excluding carboxylic acids is 2. The molecule has 1 rings (SSSR count). The summed E-state index contributed by atoms with van der Waals surface area (Å²) in [6.45, 7) is 2.79. The summed E-state index contributed by atoms with van der Waals surface area (Å²) >= 11 is 0. The molecule has 0 heterocycles. The summed E-state index contributed by atoms with van der Waals surface area (Å²) in [5, 5.41) is 9.50. The highest BCUT2D eigenvalue weighted by Gasteiger charge is 2.20. The van der Waals surface area contributed by atoms with Crippen LogP contribution >= 0.6 is 0 Å². The van der Waals surface area contributed by atoms with Gasteiger partial charge in [-0.2, -0.15) is 0 Å². The van der Waals surface area contributed by atoms with E-state index in [1.54, 1.807) is 24.3 Å². The van der Waals surface area contributed by atoms with Crippen LogP contribution in [0.15, 0.2) is 24.3 Å². The van der Waals surface area contributed by atoms with Gasteiger partial charge in [-0.15, -0.1) is 0 Å². The van der Waals surface area contributed by atoms with Crippen molar-refractivity contribution in [1.82, 2.24) is 0 Å². The van der Waals surface area contributed by atoms with Crippen LogP contribution in [0.2, 0.25) is 0 Å². The minimum Gasteiger partial charge on any atom is -0.508 e. The van der Waals surface area contributed by atoms with Crippen LogP contribution < -0.4 is 0 Å². The van der Waals surface area contributed by atoms with E-state index in [1.165, 1.54) is 13.8 Å². The van der Waals surface area contributed by atoms with E-state index in [1.807, 2.05) is 0 Å². The van der Waals surface area contributed by atoms with Crippen molar-refractivity contribution in [1.29, 1.82) is 0 Å². The van der Waals surface area contributed by atoms with E-state index < -0.39 is 5.92 Å². The van der Waals surface area contributed by atoms with Gasteiger partial charge in [0.2, 0.25) is 0 Å². The zero-order valence-corrected chi connectivity index (χ0v) is 8.86. The summed E-state index contributed by atoms with van der Waals surface area (Å²) < 4.78 is 0. The Morgan fingerprint density at radius 2 is 1.73 bits per heavy atom. The molecular weight excluding hydrogens is 192 g/mol. The van der Waals surface area contributed by atoms with Crippen molar-refractivity contribution < 1.29 is 14.7 Å². The highest BCUT2D eigenvalue weighted by Crippen LogP contribution is 2.20. The number of rotatable bonds is 4. The summed E-state index contributed by atoms with van der Waals surface area (Å²) in [5.41, 5.74) is 0.632. The lowest BCUT2D eigenvalue weighted by atomic mass is 9.92. The topological polar surface area (TPSA) is 54.4 Å². The van der Waals surface area contributed by atoms with Gasteiger partial charge in [0, 0.05) is 0 Å². The summed E-state index contributed by atoms with van der Waals surface area (Å²) in [5.74, 6) is -0.834. The molecule has 3 heteroatoms. The minimum atomic E-state index is -0.640. The number of carbonyl (C=O) groups is 2. The van der Waals surface area contributed by atoms with Gasteiger partial charge in [0.15, 0.2) is 0 Å². The molecule has 0 unspecified atom stereocenters. The van der Waals surface area contributed by atoms with Crippen LogP contribution in [0.5, 0.6) is 5.75 Å². The first kappa shape index (κ1) is 11.4. The molecule has 0 atom stereocenters. The lowest BCUT2D eigenvalue weighted by Gasteiger charge is -2.10. The minimum absolute atomic E-state index is 0.130. The van der Waals surface area contributed by atoms with Gasteiger partial charge in [0.25, 0.3) is 0 Å². The Balaban J connectivity index is 2.88. The molecule has 0 aliphatic heterocycles. The summed E-state index contributed by atoms with van der Waals surface area (Å²) in [6, 6.07) is 6.74. The van der Waals surface area contributed by atoms with Gasteiger partial charge in [-0.3, -0.25) is 9.59 Å². The molecule has 1 aromatic carbocycles. The average Bonchev–Trinajstić information content (AvgIpc) is 2.15. The first-order chi connectivity index (χ1) is 7.02. The molecule has 1 N–H and O–H groups in total. The highest BCUT2D eigenvalue weighted by atomic mass is 16.3. The van der Waals surface area contributed by atoms with Crippen LogP contribution in [0, 0.1) is 5.92 Å². The average molecular weight is 206 g/mol. The largest absolute Gasteiger partial charge is 0.508 e. The lowest BCUT2D eigenvalue weighted by molar-refractivity contribution is -0.130. The maximum absolute atomic E-state index is 11.2. The Bertz CT molecular complexity index is 368. The zero-order chi connectivity index (χ0) is 11.4. The van der Waals surface area contributed by atoms with E-state index in [0.717, 1.165) is 0 Å². The van der Waals surface area contributed by atoms with Gasteiger partial charge >= 0.3 is 0 Å². The summed E-state index contributed by atoms with van der Waals surface area (Å²) in [6.07, 6.45) is 0.275. The Kier molecular flexibility index (Phi) is 3.61. The van der Waals surface area contributed by atoms with Crippen molar-refractivity contribution in [2.24, 2.45) is 5.92 Å². The number of para-hydroxylation sites is 1. The summed E-state index contributed by atoms with van der Waals surface area (Å²) in [7, 11) is 0. The predicted octanol–water partition coefficient (Wildman–Crippen LogP) is 1.73. The molecular formula is C12H14O3. The number of aromatic hydroxyl groups is 1. The number of ketones is 2. The van der Waals surface area contributed by atoms with E-state index >= 15 is 0 Å². The van der Waals surface area contributed by atoms with E-state index in [4.69, 9.17) is 0 Å². The van der Waals surface area contributed by atoms with E-state index in [9.17, 15) is 14.7 Å². The molecule has 0 bridgehead atoms. The van der Waals surface area contributed by atoms with Crippen LogP contribution in [-0.2, 0) is 16.0 Å². The third kappa shape index (κ3) is 2.91. The molecule has 80 valence electrons. The number of Topliss-reactive ketones (excluding diaryl/α,β-unsaturated/α-hetero) is 2. The molecule has 0 saturated carbocycles. The van der Waals surface area contributed by atoms with Gasteiger partial charge in [-0.25, -0.2) is 0 Å². The van der Waals surface area contributed by atoms with Crippen LogP contribution in [0.1, 0.15) is 19.4 Å². The summed E-state index contributed by atoms with van der Waals surface area (Å²) in [4.78, 5) is 22.4. The molecule has 0 aliphatic rings. The van der Waals surface area contributed by atoms with Gasteiger partial charge in [0.1, 0.15) is 17.3 Å². The van der Waals surface area contributed by atoms with Gasteiger partial charge in [0.05, 0.1) is 5.92 Å². The smallest absolute Gasteiger partial charge is 0.140 e. The van der Waals surface area contributed by atoms with Gasteiger partial charge in [-0.05, 0) is 31.9 Å². The van der Waals surface area contributed by atoms with Crippen molar-refractivity contribution in [2.45, 2.75) is 20.3 Å². The van der Waals surface area contributed by atoms with Crippen LogP contribution in [0.25, 0.3) is 0 Å². The maximum Gasteiger partial charge on any atom is 0.140 e. The van der Waals surface area contributed by atoms with Gasteiger partial charge in [-0.1, -0.05) is 18.2 Å². The normalized spacial score (nSPS) is 10.3. The zero-order valence-electron chi connectivity index (χ0n) is 8.86. The fourth-order valence-corrected chi connectivity index (χ4v) is 1.48. The Morgan fingerprint density at radius 1 is 1.20 bits per heavy atom. The number of benzene rings is 1. The van der Waals surface area contributed by atoms with E-state index in [2.05, 4.69) is 0 Å². The molecule has 0 fully saturated rings. The molecule has 0 amide bonds. The molecule has 0 spiro atoms. The van der Waals surface area contributed by atoms with Crippen LogP contribution in [0.4, 0.5) is 0 Å². The second-order valence-corrected chi connectivity index (χ2v) is 3.61. The van der Waals surface area contributed by atoms with Crippen molar-refractivity contribution in [2.75, 3.05) is 0 Å². The SMILES string of the molecule is CC(=O)C(Cc1ccccc1O)C(C)=O. The highest BCUT2D eigenvalue weighted by molar-refractivity contribution is 6.00. The Morgan fingerprint density at radius 3 is 2.20 bits per heavy atom. The Hall–Kier alpha value is -1.64. The number of hydrogen-bond donors (Lipinski definition) is 1. The molecule has 15 heavy (non-hydrogen) atoms. The van der Waals surface area contributed by atoms with E-state index in [0.29, 0.717) is 5.56 Å². The van der Waals surface area contributed by atoms with E-state index in [-0.39, 0.29) is 23.7 Å². The van der Waals surface area contributed by atoms with Crippen LogP contribution in [-0.4, -0.2) is 16.7 Å². The fourth-order valence-electron chi connectivity index (χ4n) is 1.48. The molecule has 3 nitrogen and oxygen atoms in total. The standard InChI is InChI=1S/C12H14O3/c1-8(13)11(9(2)14)7-10-5-3-4-6-12(10)15/h3-6,11,15H,7H2,1-2H3.